The average molecular weight is 378 g/mol. The van der Waals surface area contributed by atoms with Crippen molar-refractivity contribution in [3.63, 3.8) is 0 Å². The number of nitrogens with one attached hydrogen (secondary N) is 2. The summed E-state index contributed by atoms with van der Waals surface area (Å²) >= 11 is 0. The van der Waals surface area contributed by atoms with Crippen molar-refractivity contribution in [2.75, 3.05) is 32.4 Å². The van der Waals surface area contributed by atoms with Gasteiger partial charge in [0.2, 0.25) is 10.0 Å². The predicted molar refractivity (Wildman–Crippen MR) is 107 cm³/mol. The zero-order valence-electron chi connectivity index (χ0n) is 15.8. The molecule has 1 aromatic rings. The Balaban J connectivity index is 1.36. The highest BCUT2D eigenvalue weighted by atomic mass is 32.2. The monoisotopic (exact) mass is 377 g/mol. The average Bonchev–Trinajstić information content (AvgIpc) is 3.36. The fraction of sp³-hybridized carbons (Fsp3) is 0.600. The normalized spacial score (nSPS) is 25.4. The fourth-order valence-corrected chi connectivity index (χ4v) is 4.28. The van der Waals surface area contributed by atoms with Crippen LogP contribution in [0.15, 0.2) is 35.9 Å². The first-order chi connectivity index (χ1) is 12.4. The Bertz CT molecular complexity index is 710. The maximum Gasteiger partial charge on any atom is 0.208 e. The Hall–Kier alpha value is -1.21. The Morgan fingerprint density at radius 1 is 1.23 bits per heavy atom. The minimum Gasteiger partial charge on any atom is -0.311 e. The van der Waals surface area contributed by atoms with Crippen molar-refractivity contribution in [2.45, 2.75) is 38.3 Å². The van der Waals surface area contributed by atoms with Crippen molar-refractivity contribution in [1.82, 2.24) is 14.9 Å². The third-order valence-corrected chi connectivity index (χ3v) is 6.13. The first kappa shape index (κ1) is 19.5. The number of nitrogens with zero attached hydrogens (tertiary/aromatic N) is 1. The topological polar surface area (TPSA) is 61.4 Å². The van der Waals surface area contributed by atoms with E-state index in [4.69, 9.17) is 0 Å². The lowest BCUT2D eigenvalue weighted by Crippen LogP contribution is -2.45. The van der Waals surface area contributed by atoms with Gasteiger partial charge in [0.25, 0.3) is 0 Å². The maximum absolute atomic E-state index is 11.1. The lowest BCUT2D eigenvalue weighted by atomic mass is 10.0. The maximum atomic E-state index is 11.1. The zero-order chi connectivity index (χ0) is 18.6. The molecule has 1 aromatic carbocycles. The van der Waals surface area contributed by atoms with E-state index in [2.05, 4.69) is 58.3 Å². The Morgan fingerprint density at radius 3 is 2.58 bits per heavy atom. The number of likely N-dealkylation sites (tertiary alicyclic amines) is 1. The summed E-state index contributed by atoms with van der Waals surface area (Å²) in [6.07, 6.45) is 7.05. The summed E-state index contributed by atoms with van der Waals surface area (Å²) in [4.78, 5) is 2.35. The molecule has 2 aliphatic rings. The minimum absolute atomic E-state index is 0.505. The van der Waals surface area contributed by atoms with Gasteiger partial charge >= 0.3 is 0 Å². The molecular weight excluding hydrogens is 346 g/mol. The van der Waals surface area contributed by atoms with Crippen LogP contribution in [0.25, 0.3) is 6.08 Å². The van der Waals surface area contributed by atoms with Crippen LogP contribution in [0.2, 0.25) is 0 Å². The van der Waals surface area contributed by atoms with Crippen LogP contribution in [0.1, 0.15) is 31.7 Å². The third kappa shape index (κ3) is 6.20. The molecule has 1 aliphatic heterocycles. The molecular formula is C20H31N3O2S. The first-order valence-corrected chi connectivity index (χ1v) is 11.5. The molecule has 2 unspecified atom stereocenters. The van der Waals surface area contributed by atoms with Crippen molar-refractivity contribution in [2.24, 2.45) is 5.92 Å². The van der Waals surface area contributed by atoms with E-state index in [-0.39, 0.29) is 0 Å². The fourth-order valence-electron chi connectivity index (χ4n) is 3.82. The Morgan fingerprint density at radius 2 is 1.92 bits per heavy atom. The number of rotatable bonds is 8. The van der Waals surface area contributed by atoms with Gasteiger partial charge in [-0.25, -0.2) is 13.1 Å². The van der Waals surface area contributed by atoms with Crippen LogP contribution in [0.3, 0.4) is 0 Å². The predicted octanol–water partition coefficient (Wildman–Crippen LogP) is 2.08. The second-order valence-electron chi connectivity index (χ2n) is 7.70. The van der Waals surface area contributed by atoms with Gasteiger partial charge in [0.1, 0.15) is 0 Å². The summed E-state index contributed by atoms with van der Waals surface area (Å²) in [7, 11) is -3.07. The van der Waals surface area contributed by atoms with E-state index < -0.39 is 10.0 Å². The Kier molecular flexibility index (Phi) is 6.51. The summed E-state index contributed by atoms with van der Waals surface area (Å²) in [5.41, 5.74) is 2.75. The van der Waals surface area contributed by atoms with E-state index in [1.54, 1.807) is 0 Å². The molecule has 3 rings (SSSR count). The van der Waals surface area contributed by atoms with Crippen LogP contribution >= 0.6 is 0 Å². The van der Waals surface area contributed by atoms with Crippen molar-refractivity contribution in [1.29, 1.82) is 0 Å². The molecule has 0 spiro atoms. The second-order valence-corrected chi connectivity index (χ2v) is 9.53. The SMILES string of the molecule is CC(=Cc1ccccc1)C1CC1NC1CCN(CCNS(C)(=O)=O)CC1. The van der Waals surface area contributed by atoms with E-state index in [0.29, 0.717) is 24.5 Å². The minimum atomic E-state index is -3.07. The summed E-state index contributed by atoms with van der Waals surface area (Å²) in [5, 5.41) is 3.83. The zero-order valence-corrected chi connectivity index (χ0v) is 16.6. The molecule has 2 N–H and O–H groups in total. The lowest BCUT2D eigenvalue weighted by molar-refractivity contribution is 0.199. The van der Waals surface area contributed by atoms with E-state index in [9.17, 15) is 8.42 Å². The Labute approximate surface area is 157 Å². The molecule has 0 bridgehead atoms. The molecule has 2 fully saturated rings. The molecule has 2 atom stereocenters. The van der Waals surface area contributed by atoms with Gasteiger partial charge in [0.15, 0.2) is 0 Å². The second kappa shape index (κ2) is 8.65. The number of benzene rings is 1. The molecule has 26 heavy (non-hydrogen) atoms. The van der Waals surface area contributed by atoms with Gasteiger partial charge in [-0.1, -0.05) is 42.0 Å². The summed E-state index contributed by atoms with van der Waals surface area (Å²) in [5.74, 6) is 0.673. The van der Waals surface area contributed by atoms with Gasteiger partial charge in [-0.15, -0.1) is 0 Å². The van der Waals surface area contributed by atoms with Crippen LogP contribution < -0.4 is 10.0 Å². The summed E-state index contributed by atoms with van der Waals surface area (Å²) in [6, 6.07) is 11.7. The van der Waals surface area contributed by atoms with Gasteiger partial charge in [-0.2, -0.15) is 0 Å². The molecule has 1 saturated carbocycles. The number of hydrogen-bond acceptors (Lipinski definition) is 4. The van der Waals surface area contributed by atoms with Crippen LogP contribution in [-0.2, 0) is 10.0 Å². The number of piperidine rings is 1. The highest BCUT2D eigenvalue weighted by Crippen LogP contribution is 2.38. The molecule has 1 heterocycles. The quantitative estimate of drug-likeness (QED) is 0.728. The summed E-state index contributed by atoms with van der Waals surface area (Å²) < 4.78 is 24.8. The van der Waals surface area contributed by atoms with Crippen molar-refractivity contribution >= 4 is 16.1 Å². The molecule has 144 valence electrons. The van der Waals surface area contributed by atoms with Crippen molar-refractivity contribution in [3.05, 3.63) is 41.5 Å². The van der Waals surface area contributed by atoms with Crippen LogP contribution in [0, 0.1) is 5.92 Å². The third-order valence-electron chi connectivity index (χ3n) is 5.40. The molecule has 1 saturated heterocycles. The van der Waals surface area contributed by atoms with E-state index in [0.717, 1.165) is 32.5 Å². The highest BCUT2D eigenvalue weighted by molar-refractivity contribution is 7.88. The molecule has 0 amide bonds. The van der Waals surface area contributed by atoms with E-state index in [1.807, 2.05) is 0 Å². The van der Waals surface area contributed by atoms with Gasteiger partial charge in [-0.05, 0) is 50.8 Å². The van der Waals surface area contributed by atoms with Gasteiger partial charge in [-0.3, -0.25) is 0 Å². The molecule has 5 nitrogen and oxygen atoms in total. The van der Waals surface area contributed by atoms with Crippen molar-refractivity contribution in [3.8, 4) is 0 Å². The van der Waals surface area contributed by atoms with Crippen molar-refractivity contribution < 1.29 is 8.42 Å². The molecule has 0 radical (unpaired) electrons. The van der Waals surface area contributed by atoms with Gasteiger partial charge in [0.05, 0.1) is 6.26 Å². The summed E-state index contributed by atoms with van der Waals surface area (Å²) in [6.45, 7) is 5.63. The van der Waals surface area contributed by atoms with Crippen LogP contribution in [0.4, 0.5) is 0 Å². The molecule has 6 heteroatoms. The van der Waals surface area contributed by atoms with Crippen LogP contribution in [0.5, 0.6) is 0 Å². The number of sulfonamides is 1. The highest BCUT2D eigenvalue weighted by Gasteiger charge is 2.39. The van der Waals surface area contributed by atoms with Gasteiger partial charge < -0.3 is 10.2 Å². The van der Waals surface area contributed by atoms with E-state index in [1.165, 1.54) is 23.8 Å². The smallest absolute Gasteiger partial charge is 0.208 e. The lowest BCUT2D eigenvalue weighted by Gasteiger charge is -2.32. The van der Waals surface area contributed by atoms with Crippen LogP contribution in [-0.4, -0.2) is 57.8 Å². The standard InChI is InChI=1S/C20H31N3O2S/c1-16(14-17-6-4-3-5-7-17)19-15-20(19)22-18-8-11-23(12-9-18)13-10-21-26(2,24)25/h3-7,14,18-22H,8-13,15H2,1-2H3. The number of hydrogen-bond donors (Lipinski definition) is 2. The largest absolute Gasteiger partial charge is 0.311 e. The molecule has 0 aromatic heterocycles. The van der Waals surface area contributed by atoms with Gasteiger partial charge in [0, 0.05) is 25.2 Å². The first-order valence-electron chi connectivity index (χ1n) is 9.57. The van der Waals surface area contributed by atoms with E-state index >= 15 is 0 Å². The molecule has 1 aliphatic carbocycles.